The molecule has 2 amide bonds. The summed E-state index contributed by atoms with van der Waals surface area (Å²) < 4.78 is 12.8. The third-order valence-electron chi connectivity index (χ3n) is 3.66. The number of fused-ring (bicyclic) bond motifs is 1. The van der Waals surface area contributed by atoms with Gasteiger partial charge in [-0.25, -0.2) is 4.39 Å². The first kappa shape index (κ1) is 15.7. The van der Waals surface area contributed by atoms with E-state index in [1.807, 2.05) is 30.5 Å². The molecule has 3 rings (SSSR count). The fourth-order valence-corrected chi connectivity index (χ4v) is 2.45. The van der Waals surface area contributed by atoms with E-state index in [1.165, 1.54) is 24.3 Å². The minimum atomic E-state index is -0.777. The van der Waals surface area contributed by atoms with E-state index in [2.05, 4.69) is 15.6 Å². The van der Waals surface area contributed by atoms with Crippen LogP contribution in [-0.2, 0) is 16.0 Å². The van der Waals surface area contributed by atoms with Crippen LogP contribution >= 0.6 is 0 Å². The van der Waals surface area contributed by atoms with Crippen molar-refractivity contribution in [3.8, 4) is 0 Å². The number of aromatic nitrogens is 1. The molecule has 3 aromatic rings. The van der Waals surface area contributed by atoms with Crippen LogP contribution in [0.4, 0.5) is 10.1 Å². The second-order valence-electron chi connectivity index (χ2n) is 5.33. The molecule has 0 unspecified atom stereocenters. The number of H-pyrrole nitrogens is 1. The van der Waals surface area contributed by atoms with Gasteiger partial charge in [0.15, 0.2) is 0 Å². The quantitative estimate of drug-likeness (QED) is 0.645. The SMILES string of the molecule is O=C(NCCc1c[nH]c2ccccc12)C(=O)Nc1ccc(F)cc1. The predicted molar refractivity (Wildman–Crippen MR) is 90.0 cm³/mol. The van der Waals surface area contributed by atoms with E-state index in [0.29, 0.717) is 18.7 Å². The molecular formula is C18H16FN3O2. The Morgan fingerprint density at radius 3 is 2.54 bits per heavy atom. The number of nitrogens with one attached hydrogen (secondary N) is 3. The number of benzene rings is 2. The molecule has 1 heterocycles. The number of hydrogen-bond acceptors (Lipinski definition) is 2. The van der Waals surface area contributed by atoms with Crippen LogP contribution in [0.2, 0.25) is 0 Å². The molecule has 122 valence electrons. The van der Waals surface area contributed by atoms with Gasteiger partial charge in [0.25, 0.3) is 0 Å². The molecule has 0 radical (unpaired) electrons. The topological polar surface area (TPSA) is 74.0 Å². The highest BCUT2D eigenvalue weighted by molar-refractivity contribution is 6.39. The fraction of sp³-hybridized carbons (Fsp3) is 0.111. The number of aromatic amines is 1. The van der Waals surface area contributed by atoms with E-state index in [1.54, 1.807) is 0 Å². The number of carbonyl (C=O) groups is 2. The highest BCUT2D eigenvalue weighted by Crippen LogP contribution is 2.17. The molecule has 0 aliphatic heterocycles. The maximum atomic E-state index is 12.8. The normalized spacial score (nSPS) is 10.5. The summed E-state index contributed by atoms with van der Waals surface area (Å²) in [7, 11) is 0. The Bertz CT molecular complexity index is 871. The minimum Gasteiger partial charge on any atom is -0.361 e. The standard InChI is InChI=1S/C18H16FN3O2/c19-13-5-7-14(8-6-13)22-18(24)17(23)20-10-9-12-11-21-16-4-2-1-3-15(12)16/h1-8,11,21H,9-10H2,(H,20,23)(H,22,24). The zero-order valence-corrected chi connectivity index (χ0v) is 12.8. The van der Waals surface area contributed by atoms with Crippen LogP contribution in [0.25, 0.3) is 10.9 Å². The summed E-state index contributed by atoms with van der Waals surface area (Å²) in [5.41, 5.74) is 2.48. The first-order valence-corrected chi connectivity index (χ1v) is 7.53. The van der Waals surface area contributed by atoms with E-state index in [0.717, 1.165) is 16.5 Å². The van der Waals surface area contributed by atoms with Crippen LogP contribution in [0.3, 0.4) is 0 Å². The monoisotopic (exact) mass is 325 g/mol. The van der Waals surface area contributed by atoms with Crippen molar-refractivity contribution in [1.82, 2.24) is 10.3 Å². The van der Waals surface area contributed by atoms with Gasteiger partial charge in [0.2, 0.25) is 0 Å². The molecule has 1 aromatic heterocycles. The molecular weight excluding hydrogens is 309 g/mol. The van der Waals surface area contributed by atoms with Crippen molar-refractivity contribution in [3.05, 3.63) is 66.1 Å². The molecule has 3 N–H and O–H groups in total. The number of hydrogen-bond donors (Lipinski definition) is 3. The Labute approximate surface area is 137 Å². The Morgan fingerprint density at radius 1 is 1.00 bits per heavy atom. The molecule has 5 nitrogen and oxygen atoms in total. The van der Waals surface area contributed by atoms with Crippen LogP contribution in [0.1, 0.15) is 5.56 Å². The number of rotatable bonds is 4. The first-order chi connectivity index (χ1) is 11.6. The Morgan fingerprint density at radius 2 is 1.75 bits per heavy atom. The number of halogens is 1. The van der Waals surface area contributed by atoms with Crippen molar-refractivity contribution < 1.29 is 14.0 Å². The predicted octanol–water partition coefficient (Wildman–Crippen LogP) is 2.60. The number of para-hydroxylation sites is 1. The maximum absolute atomic E-state index is 12.8. The largest absolute Gasteiger partial charge is 0.361 e. The van der Waals surface area contributed by atoms with Crippen molar-refractivity contribution in [2.24, 2.45) is 0 Å². The lowest BCUT2D eigenvalue weighted by Crippen LogP contribution is -2.36. The smallest absolute Gasteiger partial charge is 0.313 e. The second kappa shape index (κ2) is 6.95. The lowest BCUT2D eigenvalue weighted by molar-refractivity contribution is -0.136. The van der Waals surface area contributed by atoms with Crippen molar-refractivity contribution in [2.75, 3.05) is 11.9 Å². The summed E-state index contributed by atoms with van der Waals surface area (Å²) in [6.07, 6.45) is 2.51. The van der Waals surface area contributed by atoms with Gasteiger partial charge in [-0.1, -0.05) is 18.2 Å². The fourth-order valence-electron chi connectivity index (χ4n) is 2.45. The van der Waals surface area contributed by atoms with Crippen molar-refractivity contribution in [1.29, 1.82) is 0 Å². The first-order valence-electron chi connectivity index (χ1n) is 7.53. The van der Waals surface area contributed by atoms with E-state index in [-0.39, 0.29) is 0 Å². The van der Waals surface area contributed by atoms with Crippen molar-refractivity contribution in [3.63, 3.8) is 0 Å². The Balaban J connectivity index is 1.51. The van der Waals surface area contributed by atoms with Crippen LogP contribution < -0.4 is 10.6 Å². The number of anilines is 1. The molecule has 24 heavy (non-hydrogen) atoms. The van der Waals surface area contributed by atoms with Crippen LogP contribution in [0.15, 0.2) is 54.7 Å². The molecule has 0 atom stereocenters. The van der Waals surface area contributed by atoms with Gasteiger partial charge >= 0.3 is 11.8 Å². The van der Waals surface area contributed by atoms with Gasteiger partial charge < -0.3 is 15.6 Å². The van der Waals surface area contributed by atoms with E-state index in [9.17, 15) is 14.0 Å². The molecule has 0 saturated carbocycles. The average molecular weight is 325 g/mol. The summed E-state index contributed by atoms with van der Waals surface area (Å²) in [5, 5.41) is 6.10. The van der Waals surface area contributed by atoms with Gasteiger partial charge in [0.05, 0.1) is 0 Å². The molecule has 0 fully saturated rings. The van der Waals surface area contributed by atoms with Crippen molar-refractivity contribution in [2.45, 2.75) is 6.42 Å². The molecule has 0 bridgehead atoms. The molecule has 2 aromatic carbocycles. The highest BCUT2D eigenvalue weighted by atomic mass is 19.1. The van der Waals surface area contributed by atoms with Crippen LogP contribution in [-0.4, -0.2) is 23.3 Å². The summed E-state index contributed by atoms with van der Waals surface area (Å²) in [4.78, 5) is 26.7. The minimum absolute atomic E-state index is 0.345. The zero-order valence-electron chi connectivity index (χ0n) is 12.8. The number of amides is 2. The van der Waals surface area contributed by atoms with Crippen LogP contribution in [0, 0.1) is 5.82 Å². The maximum Gasteiger partial charge on any atom is 0.313 e. The summed E-state index contributed by atoms with van der Waals surface area (Å²) in [6, 6.07) is 13.1. The van der Waals surface area contributed by atoms with Crippen molar-refractivity contribution >= 4 is 28.4 Å². The molecule has 0 spiro atoms. The molecule has 0 saturated heterocycles. The van der Waals surface area contributed by atoms with Gasteiger partial charge in [-0.2, -0.15) is 0 Å². The number of carbonyl (C=O) groups excluding carboxylic acids is 2. The Kier molecular flexibility index (Phi) is 4.56. The molecule has 0 aliphatic rings. The highest BCUT2D eigenvalue weighted by Gasteiger charge is 2.13. The van der Waals surface area contributed by atoms with E-state index < -0.39 is 17.6 Å². The van der Waals surface area contributed by atoms with Gasteiger partial charge in [0.1, 0.15) is 5.82 Å². The van der Waals surface area contributed by atoms with Gasteiger partial charge in [-0.15, -0.1) is 0 Å². The van der Waals surface area contributed by atoms with E-state index in [4.69, 9.17) is 0 Å². The van der Waals surface area contributed by atoms with Gasteiger partial charge in [0, 0.05) is 29.3 Å². The second-order valence-corrected chi connectivity index (χ2v) is 5.33. The lowest BCUT2D eigenvalue weighted by Gasteiger charge is -2.06. The average Bonchev–Trinajstić information content (AvgIpc) is 3.00. The Hall–Kier alpha value is -3.15. The summed E-state index contributed by atoms with van der Waals surface area (Å²) in [6.45, 7) is 0.345. The third kappa shape index (κ3) is 3.60. The lowest BCUT2D eigenvalue weighted by atomic mass is 10.1. The van der Waals surface area contributed by atoms with Crippen LogP contribution in [0.5, 0.6) is 0 Å². The van der Waals surface area contributed by atoms with Gasteiger partial charge in [-0.3, -0.25) is 9.59 Å². The summed E-state index contributed by atoms with van der Waals surface area (Å²) >= 11 is 0. The van der Waals surface area contributed by atoms with Gasteiger partial charge in [-0.05, 0) is 42.3 Å². The summed E-state index contributed by atoms with van der Waals surface area (Å²) in [5.74, 6) is -1.91. The van der Waals surface area contributed by atoms with E-state index >= 15 is 0 Å². The third-order valence-corrected chi connectivity index (χ3v) is 3.66. The molecule has 0 aliphatic carbocycles. The zero-order chi connectivity index (χ0) is 16.9. The molecule has 6 heteroatoms.